The number of nitrogens with two attached hydrogens (primary N) is 1. The third-order valence-corrected chi connectivity index (χ3v) is 5.30. The molecular weight excluding hydrogens is 312 g/mol. The highest BCUT2D eigenvalue weighted by Crippen LogP contribution is 2.56. The van der Waals surface area contributed by atoms with Gasteiger partial charge in [0.15, 0.2) is 0 Å². The van der Waals surface area contributed by atoms with E-state index in [0.717, 1.165) is 24.2 Å². The number of fused-ring (bicyclic) bond motifs is 2. The van der Waals surface area contributed by atoms with Crippen LogP contribution in [0.5, 0.6) is 0 Å². The summed E-state index contributed by atoms with van der Waals surface area (Å²) < 4.78 is 8.29. The molecule has 3 aliphatic rings. The molecule has 0 aromatic carbocycles. The molecule has 23 heavy (non-hydrogen) atoms. The molecule has 1 atom stereocenters. The first-order valence-electron chi connectivity index (χ1n) is 8.05. The standard InChI is InChI=1S/C16H19ClN6/c1-15(2)3-4-16(15)21-7-12-11(17)5-10(8-23(12)16)22-14-6-13(18)19-9-20-14/h5-9,21H,3-4H2,1-2H3,(H3,18,19,20,22)/i7D. The van der Waals surface area contributed by atoms with Crippen molar-refractivity contribution in [3.63, 3.8) is 0 Å². The lowest BCUT2D eigenvalue weighted by atomic mass is 9.61. The summed E-state index contributed by atoms with van der Waals surface area (Å²) in [6, 6.07) is 1.66. The minimum absolute atomic E-state index is 0.0382. The molecule has 1 aromatic rings. The van der Waals surface area contributed by atoms with Crippen molar-refractivity contribution in [2.24, 2.45) is 5.41 Å². The molecule has 6 nitrogen and oxygen atoms in total. The Morgan fingerprint density at radius 2 is 2.26 bits per heavy atom. The van der Waals surface area contributed by atoms with Gasteiger partial charge in [-0.25, -0.2) is 9.97 Å². The van der Waals surface area contributed by atoms with Crippen molar-refractivity contribution in [2.75, 3.05) is 11.1 Å². The summed E-state index contributed by atoms with van der Waals surface area (Å²) in [6.45, 7) is 4.41. The first kappa shape index (κ1) is 13.2. The van der Waals surface area contributed by atoms with Crippen LogP contribution in [0.25, 0.3) is 0 Å². The lowest BCUT2D eigenvalue weighted by Crippen LogP contribution is -2.67. The molecule has 2 aliphatic heterocycles. The molecule has 1 fully saturated rings. The Hall–Kier alpha value is -2.21. The summed E-state index contributed by atoms with van der Waals surface area (Å²) in [5.74, 6) is 0.995. The summed E-state index contributed by atoms with van der Waals surface area (Å²) in [6.07, 6.45) is 7.61. The fraction of sp³-hybridized carbons (Fsp3) is 0.375. The molecule has 1 aromatic heterocycles. The minimum Gasteiger partial charge on any atom is -0.384 e. The Bertz CT molecular complexity index is 815. The summed E-state index contributed by atoms with van der Waals surface area (Å²) in [5, 5.41) is 7.09. The van der Waals surface area contributed by atoms with Crippen molar-refractivity contribution in [1.29, 1.82) is 0 Å². The average Bonchev–Trinajstić information content (AvgIpc) is 2.82. The maximum atomic E-state index is 8.29. The van der Waals surface area contributed by atoms with E-state index in [1.807, 2.05) is 6.20 Å². The maximum Gasteiger partial charge on any atom is 0.135 e. The quantitative estimate of drug-likeness (QED) is 0.773. The third kappa shape index (κ3) is 2.01. The number of anilines is 2. The lowest BCUT2D eigenvalue weighted by molar-refractivity contribution is -0.0653. The molecule has 120 valence electrons. The second-order valence-electron chi connectivity index (χ2n) is 6.74. The molecule has 1 aliphatic carbocycles. The molecular formula is C16H19ClN6. The highest BCUT2D eigenvalue weighted by molar-refractivity contribution is 6.32. The number of allylic oxidation sites excluding steroid dienone is 2. The smallest absolute Gasteiger partial charge is 0.135 e. The van der Waals surface area contributed by atoms with Crippen molar-refractivity contribution < 1.29 is 1.37 Å². The van der Waals surface area contributed by atoms with Gasteiger partial charge in [0.1, 0.15) is 23.6 Å². The van der Waals surface area contributed by atoms with Crippen LogP contribution in [0.4, 0.5) is 11.6 Å². The maximum absolute atomic E-state index is 8.29. The zero-order chi connectivity index (χ0) is 17.1. The predicted octanol–water partition coefficient (Wildman–Crippen LogP) is 2.71. The van der Waals surface area contributed by atoms with Gasteiger partial charge >= 0.3 is 0 Å². The van der Waals surface area contributed by atoms with Gasteiger partial charge in [-0.1, -0.05) is 25.4 Å². The molecule has 0 saturated heterocycles. The Balaban J connectivity index is 1.71. The average molecular weight is 332 g/mol. The fourth-order valence-corrected chi connectivity index (χ4v) is 3.66. The Labute approximate surface area is 141 Å². The van der Waals surface area contributed by atoms with E-state index >= 15 is 0 Å². The molecule has 7 heteroatoms. The van der Waals surface area contributed by atoms with E-state index in [0.29, 0.717) is 22.8 Å². The molecule has 1 saturated carbocycles. The van der Waals surface area contributed by atoms with Crippen LogP contribution in [-0.4, -0.2) is 20.5 Å². The van der Waals surface area contributed by atoms with Gasteiger partial charge in [-0.15, -0.1) is 0 Å². The van der Waals surface area contributed by atoms with Crippen molar-refractivity contribution >= 4 is 23.2 Å². The number of halogens is 1. The van der Waals surface area contributed by atoms with Gasteiger partial charge in [0.05, 0.1) is 17.8 Å². The third-order valence-electron chi connectivity index (χ3n) is 5.01. The van der Waals surface area contributed by atoms with Crippen LogP contribution < -0.4 is 16.4 Å². The van der Waals surface area contributed by atoms with E-state index in [2.05, 4.69) is 39.3 Å². The Morgan fingerprint density at radius 3 is 2.91 bits per heavy atom. The number of hydrogen-bond donors (Lipinski definition) is 3. The second-order valence-corrected chi connectivity index (χ2v) is 7.15. The fourth-order valence-electron chi connectivity index (χ4n) is 3.40. The van der Waals surface area contributed by atoms with Gasteiger partial charge < -0.3 is 21.3 Å². The van der Waals surface area contributed by atoms with Crippen molar-refractivity contribution in [1.82, 2.24) is 20.2 Å². The number of rotatable bonds is 2. The predicted molar refractivity (Wildman–Crippen MR) is 90.9 cm³/mol. The SMILES string of the molecule is [2H]C1=C2C(Cl)=CC(Nc3cc(N)ncn3)=CN2C2(CCC2(C)C)N1. The first-order chi connectivity index (χ1) is 11.3. The van der Waals surface area contributed by atoms with E-state index in [9.17, 15) is 0 Å². The van der Waals surface area contributed by atoms with Crippen LogP contribution in [0.2, 0.25) is 0 Å². The molecule has 4 rings (SSSR count). The molecule has 0 bridgehead atoms. The van der Waals surface area contributed by atoms with Crippen LogP contribution in [-0.2, 0) is 0 Å². The van der Waals surface area contributed by atoms with E-state index in [-0.39, 0.29) is 11.1 Å². The van der Waals surface area contributed by atoms with Crippen LogP contribution in [0.1, 0.15) is 28.1 Å². The number of hydrogen-bond acceptors (Lipinski definition) is 6. The molecule has 4 N–H and O–H groups in total. The monoisotopic (exact) mass is 331 g/mol. The van der Waals surface area contributed by atoms with E-state index in [1.54, 1.807) is 12.1 Å². The van der Waals surface area contributed by atoms with Crippen molar-refractivity contribution in [3.8, 4) is 0 Å². The van der Waals surface area contributed by atoms with Crippen LogP contribution in [0, 0.1) is 5.41 Å². The van der Waals surface area contributed by atoms with Gasteiger partial charge in [-0.05, 0) is 18.9 Å². The van der Waals surface area contributed by atoms with Gasteiger partial charge in [-0.2, -0.15) is 0 Å². The Kier molecular flexibility index (Phi) is 2.68. The minimum atomic E-state index is -0.300. The second kappa shape index (κ2) is 4.64. The zero-order valence-electron chi connectivity index (χ0n) is 14.0. The molecule has 1 spiro atoms. The van der Waals surface area contributed by atoms with E-state index < -0.39 is 0 Å². The van der Waals surface area contributed by atoms with E-state index in [4.69, 9.17) is 18.7 Å². The van der Waals surface area contributed by atoms with Crippen molar-refractivity contribution in [2.45, 2.75) is 32.4 Å². The van der Waals surface area contributed by atoms with Gasteiger partial charge in [0.2, 0.25) is 0 Å². The topological polar surface area (TPSA) is 79.1 Å². The van der Waals surface area contributed by atoms with Gasteiger partial charge in [-0.3, -0.25) is 0 Å². The summed E-state index contributed by atoms with van der Waals surface area (Å²) >= 11 is 6.47. The number of nitrogens with one attached hydrogen (secondary N) is 2. The molecule has 1 unspecified atom stereocenters. The number of nitrogens with zero attached hydrogens (tertiary/aromatic N) is 3. The van der Waals surface area contributed by atoms with Crippen LogP contribution >= 0.6 is 11.6 Å². The zero-order valence-corrected chi connectivity index (χ0v) is 13.8. The highest BCUT2D eigenvalue weighted by atomic mass is 35.5. The molecule has 3 heterocycles. The van der Waals surface area contributed by atoms with Crippen LogP contribution in [0.3, 0.4) is 0 Å². The molecule has 0 amide bonds. The van der Waals surface area contributed by atoms with Gasteiger partial charge in [0, 0.05) is 23.9 Å². The largest absolute Gasteiger partial charge is 0.384 e. The molecule has 0 radical (unpaired) electrons. The van der Waals surface area contributed by atoms with Crippen molar-refractivity contribution in [3.05, 3.63) is 47.3 Å². The van der Waals surface area contributed by atoms with Gasteiger partial charge in [0.25, 0.3) is 0 Å². The summed E-state index contributed by atoms with van der Waals surface area (Å²) in [4.78, 5) is 10.1. The lowest BCUT2D eigenvalue weighted by Gasteiger charge is -2.59. The van der Waals surface area contributed by atoms with E-state index in [1.165, 1.54) is 6.33 Å². The normalized spacial score (nSPS) is 28.5. The summed E-state index contributed by atoms with van der Waals surface area (Å²) in [7, 11) is 0. The number of aromatic nitrogens is 2. The first-order valence-corrected chi connectivity index (χ1v) is 7.93. The Morgan fingerprint density at radius 1 is 1.43 bits per heavy atom. The van der Waals surface area contributed by atoms with Crippen LogP contribution in [0.15, 0.2) is 47.3 Å². The highest BCUT2D eigenvalue weighted by Gasteiger charge is 2.59. The number of nitrogen functional groups attached to an aromatic ring is 1. The summed E-state index contributed by atoms with van der Waals surface area (Å²) in [5.41, 5.74) is 6.95.